The largest absolute Gasteiger partial charge is 0.481 e. The average Bonchev–Trinajstić information content (AvgIpc) is 3.05. The van der Waals surface area contributed by atoms with Gasteiger partial charge in [-0.05, 0) is 47.4 Å². The SMILES string of the molecule is O=C(O)CC[C@@H]1CCC[C@H](NC(=O)OCC2c3ccccc3-c3ccccc32)C1. The summed E-state index contributed by atoms with van der Waals surface area (Å²) in [4.78, 5) is 23.2. The molecule has 0 unspecified atom stereocenters. The molecule has 2 aromatic carbocycles. The predicted octanol–water partition coefficient (Wildman–Crippen LogP) is 4.95. The molecule has 2 aliphatic rings. The standard InChI is InChI=1S/C24H27NO4/c26-23(27)13-12-16-6-5-7-17(14-16)25-24(28)29-15-22-20-10-3-1-8-18(20)19-9-2-4-11-21(19)22/h1-4,8-11,16-17,22H,5-7,12-15H2,(H,25,28)(H,26,27)/t16-,17-/m0/s1. The molecule has 2 atom stereocenters. The molecule has 1 saturated carbocycles. The predicted molar refractivity (Wildman–Crippen MR) is 111 cm³/mol. The van der Waals surface area contributed by atoms with Gasteiger partial charge in [0.1, 0.15) is 6.61 Å². The Morgan fingerprint density at radius 3 is 2.31 bits per heavy atom. The van der Waals surface area contributed by atoms with Gasteiger partial charge in [-0.1, -0.05) is 61.4 Å². The summed E-state index contributed by atoms with van der Waals surface area (Å²) in [7, 11) is 0. The number of carboxylic acids is 1. The molecule has 1 amide bonds. The highest BCUT2D eigenvalue weighted by Crippen LogP contribution is 2.44. The van der Waals surface area contributed by atoms with E-state index in [9.17, 15) is 9.59 Å². The molecule has 2 N–H and O–H groups in total. The van der Waals surface area contributed by atoms with Crippen LogP contribution in [0.3, 0.4) is 0 Å². The van der Waals surface area contributed by atoms with Crippen LogP contribution in [0.1, 0.15) is 55.6 Å². The van der Waals surface area contributed by atoms with Crippen molar-refractivity contribution in [1.82, 2.24) is 5.32 Å². The maximum Gasteiger partial charge on any atom is 0.407 e. The second-order valence-electron chi connectivity index (χ2n) is 8.13. The van der Waals surface area contributed by atoms with Crippen molar-refractivity contribution in [3.8, 4) is 11.1 Å². The van der Waals surface area contributed by atoms with E-state index in [1.165, 1.54) is 22.3 Å². The molecule has 0 bridgehead atoms. The minimum Gasteiger partial charge on any atom is -0.481 e. The fraction of sp³-hybridized carbons (Fsp3) is 0.417. The van der Waals surface area contributed by atoms with Gasteiger partial charge in [-0.25, -0.2) is 4.79 Å². The number of aliphatic carboxylic acids is 1. The summed E-state index contributed by atoms with van der Waals surface area (Å²) in [5.41, 5.74) is 4.83. The van der Waals surface area contributed by atoms with E-state index < -0.39 is 5.97 Å². The molecule has 5 heteroatoms. The number of carbonyl (C=O) groups excluding carboxylic acids is 1. The smallest absolute Gasteiger partial charge is 0.407 e. The maximum atomic E-state index is 12.4. The number of hydrogen-bond donors (Lipinski definition) is 2. The Balaban J connectivity index is 1.34. The van der Waals surface area contributed by atoms with Gasteiger partial charge in [0, 0.05) is 18.4 Å². The molecule has 2 aromatic rings. The van der Waals surface area contributed by atoms with Crippen LogP contribution in [0, 0.1) is 5.92 Å². The molecule has 0 radical (unpaired) electrons. The average molecular weight is 393 g/mol. The van der Waals surface area contributed by atoms with Crippen molar-refractivity contribution in [1.29, 1.82) is 0 Å². The van der Waals surface area contributed by atoms with E-state index >= 15 is 0 Å². The lowest BCUT2D eigenvalue weighted by Gasteiger charge is -2.29. The summed E-state index contributed by atoms with van der Waals surface area (Å²) in [6.45, 7) is 0.315. The molecule has 0 aliphatic heterocycles. The fourth-order valence-corrected chi connectivity index (χ4v) is 4.82. The molecule has 152 valence electrons. The van der Waals surface area contributed by atoms with Crippen LogP contribution in [0.15, 0.2) is 48.5 Å². The Bertz CT molecular complexity index is 848. The minimum absolute atomic E-state index is 0.0582. The second kappa shape index (κ2) is 8.68. The first kappa shape index (κ1) is 19.5. The van der Waals surface area contributed by atoms with Crippen LogP contribution in [-0.4, -0.2) is 29.8 Å². The van der Waals surface area contributed by atoms with Gasteiger partial charge in [0.15, 0.2) is 0 Å². The zero-order valence-corrected chi connectivity index (χ0v) is 16.5. The highest BCUT2D eigenvalue weighted by Gasteiger charge is 2.30. The number of fused-ring (bicyclic) bond motifs is 3. The zero-order chi connectivity index (χ0) is 20.2. The number of ether oxygens (including phenoxy) is 1. The number of alkyl carbamates (subject to hydrolysis) is 1. The van der Waals surface area contributed by atoms with Crippen molar-refractivity contribution in [2.24, 2.45) is 5.92 Å². The topological polar surface area (TPSA) is 75.6 Å². The molecule has 1 fully saturated rings. The first-order chi connectivity index (χ1) is 14.1. The summed E-state index contributed by atoms with van der Waals surface area (Å²) in [5, 5.41) is 11.9. The molecule has 4 rings (SSSR count). The Morgan fingerprint density at radius 2 is 1.66 bits per heavy atom. The second-order valence-corrected chi connectivity index (χ2v) is 8.13. The molecule has 0 heterocycles. The first-order valence-electron chi connectivity index (χ1n) is 10.4. The van der Waals surface area contributed by atoms with Crippen LogP contribution in [0.25, 0.3) is 11.1 Å². The Morgan fingerprint density at radius 1 is 1.00 bits per heavy atom. The van der Waals surface area contributed by atoms with Crippen LogP contribution in [0.5, 0.6) is 0 Å². The molecule has 29 heavy (non-hydrogen) atoms. The summed E-state index contributed by atoms with van der Waals surface area (Å²) in [6.07, 6.45) is 4.30. The van der Waals surface area contributed by atoms with Crippen LogP contribution >= 0.6 is 0 Å². The van der Waals surface area contributed by atoms with Crippen LogP contribution in [-0.2, 0) is 9.53 Å². The molecule has 0 spiro atoms. The Hall–Kier alpha value is -2.82. The molecule has 2 aliphatic carbocycles. The van der Waals surface area contributed by atoms with Gasteiger partial charge in [0.05, 0.1) is 0 Å². The highest BCUT2D eigenvalue weighted by atomic mass is 16.5. The van der Waals surface area contributed by atoms with Crippen LogP contribution in [0.4, 0.5) is 4.79 Å². The van der Waals surface area contributed by atoms with Gasteiger partial charge in [-0.2, -0.15) is 0 Å². The number of benzene rings is 2. The number of nitrogens with one attached hydrogen (secondary N) is 1. The van der Waals surface area contributed by atoms with E-state index in [1.54, 1.807) is 0 Å². The van der Waals surface area contributed by atoms with E-state index in [1.807, 2.05) is 24.3 Å². The number of carbonyl (C=O) groups is 2. The van der Waals surface area contributed by atoms with Gasteiger partial charge in [0.2, 0.25) is 0 Å². The third-order valence-corrected chi connectivity index (χ3v) is 6.21. The fourth-order valence-electron chi connectivity index (χ4n) is 4.82. The Labute approximate surface area is 171 Å². The summed E-state index contributed by atoms with van der Waals surface area (Å²) in [5.74, 6) is -0.335. The zero-order valence-electron chi connectivity index (χ0n) is 16.5. The minimum atomic E-state index is -0.753. The maximum absolute atomic E-state index is 12.4. The quantitative estimate of drug-likeness (QED) is 0.728. The van der Waals surface area contributed by atoms with E-state index in [2.05, 4.69) is 29.6 Å². The number of amides is 1. The van der Waals surface area contributed by atoms with E-state index in [0.29, 0.717) is 18.9 Å². The lowest BCUT2D eigenvalue weighted by atomic mass is 9.83. The van der Waals surface area contributed by atoms with E-state index in [-0.39, 0.29) is 24.5 Å². The third-order valence-electron chi connectivity index (χ3n) is 6.21. The van der Waals surface area contributed by atoms with Gasteiger partial charge >= 0.3 is 12.1 Å². The Kier molecular flexibility index (Phi) is 5.84. The lowest BCUT2D eigenvalue weighted by Crippen LogP contribution is -2.39. The van der Waals surface area contributed by atoms with Gasteiger partial charge in [-0.3, -0.25) is 4.79 Å². The van der Waals surface area contributed by atoms with E-state index in [0.717, 1.165) is 25.7 Å². The summed E-state index contributed by atoms with van der Waals surface area (Å²) < 4.78 is 5.63. The monoisotopic (exact) mass is 393 g/mol. The molecule has 0 saturated heterocycles. The molecule has 5 nitrogen and oxygen atoms in total. The lowest BCUT2D eigenvalue weighted by molar-refractivity contribution is -0.137. The van der Waals surface area contributed by atoms with Crippen molar-refractivity contribution in [3.05, 3.63) is 59.7 Å². The third kappa shape index (κ3) is 4.44. The molecular formula is C24H27NO4. The number of hydrogen-bond acceptors (Lipinski definition) is 3. The summed E-state index contributed by atoms with van der Waals surface area (Å²) in [6, 6.07) is 16.6. The van der Waals surface area contributed by atoms with Crippen LogP contribution in [0.2, 0.25) is 0 Å². The molecular weight excluding hydrogens is 366 g/mol. The number of rotatable bonds is 6. The van der Waals surface area contributed by atoms with Gasteiger partial charge in [-0.15, -0.1) is 0 Å². The van der Waals surface area contributed by atoms with Crippen molar-refractivity contribution in [2.75, 3.05) is 6.61 Å². The van der Waals surface area contributed by atoms with Gasteiger partial charge in [0.25, 0.3) is 0 Å². The van der Waals surface area contributed by atoms with Crippen molar-refractivity contribution in [2.45, 2.75) is 50.5 Å². The normalized spacial score (nSPS) is 20.6. The highest BCUT2D eigenvalue weighted by molar-refractivity contribution is 5.79. The molecule has 0 aromatic heterocycles. The van der Waals surface area contributed by atoms with Crippen molar-refractivity contribution >= 4 is 12.1 Å². The van der Waals surface area contributed by atoms with Crippen molar-refractivity contribution in [3.63, 3.8) is 0 Å². The number of carboxylic acid groups (broad SMARTS) is 1. The van der Waals surface area contributed by atoms with Crippen molar-refractivity contribution < 1.29 is 19.4 Å². The summed E-state index contributed by atoms with van der Waals surface area (Å²) >= 11 is 0. The van der Waals surface area contributed by atoms with Gasteiger partial charge < -0.3 is 15.2 Å². The first-order valence-corrected chi connectivity index (χ1v) is 10.4. The van der Waals surface area contributed by atoms with Crippen LogP contribution < -0.4 is 5.32 Å². The van der Waals surface area contributed by atoms with E-state index in [4.69, 9.17) is 9.84 Å².